The van der Waals surface area contributed by atoms with Crippen molar-refractivity contribution in [2.45, 2.75) is 91.7 Å². The van der Waals surface area contributed by atoms with Gasteiger partial charge >= 0.3 is 5.69 Å². The first-order chi connectivity index (χ1) is 26.5. The van der Waals surface area contributed by atoms with Crippen molar-refractivity contribution < 1.29 is 32.8 Å². The molecule has 5 rings (SSSR count). The van der Waals surface area contributed by atoms with Gasteiger partial charge in [-0.3, -0.25) is 13.9 Å². The van der Waals surface area contributed by atoms with E-state index in [1.165, 1.54) is 36.5 Å². The molecule has 1 unspecified atom stereocenters. The van der Waals surface area contributed by atoms with Crippen LogP contribution in [0.5, 0.6) is 5.75 Å². The number of carbonyl (C=O) groups excluding carboxylic acids is 1. The zero-order valence-corrected chi connectivity index (χ0v) is 36.5. The normalized spacial score (nSPS) is 18.2. The lowest BCUT2D eigenvalue weighted by molar-refractivity contribution is -0.894. The molecule has 1 aromatic heterocycles. The van der Waals surface area contributed by atoms with E-state index < -0.39 is 40.0 Å². The van der Waals surface area contributed by atoms with E-state index in [-0.39, 0.29) is 52.5 Å². The van der Waals surface area contributed by atoms with Crippen molar-refractivity contribution in [3.63, 3.8) is 0 Å². The molecule has 0 bridgehead atoms. The molecular formula is C42H58ClN4O7PSi. The molecule has 2 heterocycles. The number of hydrogen-bond donors (Lipinski definition) is 2. The van der Waals surface area contributed by atoms with Gasteiger partial charge in [0.2, 0.25) is 5.91 Å². The molecular weight excluding hydrogens is 767 g/mol. The lowest BCUT2D eigenvalue weighted by atomic mass is 10.1. The van der Waals surface area contributed by atoms with Crippen LogP contribution in [0.4, 0.5) is 5.82 Å². The minimum atomic E-state index is -4.43. The number of para-hydroxylation sites is 1. The molecule has 14 heteroatoms. The number of halogens is 1. The molecule has 4 atom stereocenters. The molecule has 11 nitrogen and oxygen atoms in total. The number of amides is 1. The molecule has 4 aromatic rings. The van der Waals surface area contributed by atoms with Gasteiger partial charge in [0.25, 0.3) is 8.32 Å². The number of aromatic nitrogens is 2. The first kappa shape index (κ1) is 45.1. The van der Waals surface area contributed by atoms with Gasteiger partial charge in [0.1, 0.15) is 17.8 Å². The highest BCUT2D eigenvalue weighted by Crippen LogP contribution is 2.45. The summed E-state index contributed by atoms with van der Waals surface area (Å²) >= 11 is 6.18. The van der Waals surface area contributed by atoms with Crippen molar-refractivity contribution >= 4 is 49.6 Å². The molecule has 0 spiro atoms. The summed E-state index contributed by atoms with van der Waals surface area (Å²) in [7, 11) is -7.54. The van der Waals surface area contributed by atoms with E-state index in [1.807, 2.05) is 36.4 Å². The average molecular weight is 825 g/mol. The van der Waals surface area contributed by atoms with Gasteiger partial charge in [-0.05, 0) is 60.8 Å². The number of ether oxygens (including phenoxy) is 1. The summed E-state index contributed by atoms with van der Waals surface area (Å²) in [5, 5.41) is 4.57. The number of nitrogens with one attached hydrogen (secondary N) is 2. The third-order valence-electron chi connectivity index (χ3n) is 10.1. The van der Waals surface area contributed by atoms with Crippen LogP contribution in [0.25, 0.3) is 0 Å². The van der Waals surface area contributed by atoms with Crippen LogP contribution in [0.2, 0.25) is 10.1 Å². The van der Waals surface area contributed by atoms with Crippen molar-refractivity contribution in [3.05, 3.63) is 113 Å². The Morgan fingerprint density at radius 2 is 1.54 bits per heavy atom. The van der Waals surface area contributed by atoms with Crippen molar-refractivity contribution in [1.82, 2.24) is 9.55 Å². The van der Waals surface area contributed by atoms with Gasteiger partial charge in [0, 0.05) is 24.7 Å². The topological polar surface area (TPSA) is 136 Å². The largest absolute Gasteiger partial charge is 0.769 e. The second-order valence-electron chi connectivity index (χ2n) is 15.3. The second kappa shape index (κ2) is 20.2. The number of carbonyl (C=O) groups is 1. The summed E-state index contributed by atoms with van der Waals surface area (Å²) in [4.78, 5) is 44.5. The third kappa shape index (κ3) is 11.5. The fourth-order valence-electron chi connectivity index (χ4n) is 6.89. The van der Waals surface area contributed by atoms with E-state index in [1.54, 1.807) is 43.0 Å². The van der Waals surface area contributed by atoms with Gasteiger partial charge in [-0.2, -0.15) is 4.98 Å². The summed E-state index contributed by atoms with van der Waals surface area (Å²) in [5.41, 5.74) is -0.618. The van der Waals surface area contributed by atoms with E-state index in [0.717, 1.165) is 10.4 Å². The molecule has 1 saturated heterocycles. The molecule has 3 aromatic carbocycles. The maximum atomic E-state index is 13.3. The summed E-state index contributed by atoms with van der Waals surface area (Å²) in [6.45, 7) is 20.4. The smallest absolute Gasteiger partial charge is 0.351 e. The van der Waals surface area contributed by atoms with Crippen LogP contribution in [0.1, 0.15) is 74.5 Å². The zero-order chi connectivity index (χ0) is 41.1. The fourth-order valence-corrected chi connectivity index (χ4v) is 13.0. The van der Waals surface area contributed by atoms with E-state index >= 15 is 0 Å². The maximum absolute atomic E-state index is 13.3. The SMILES string of the molecule is CC(C)C(=O)Nc1ccn([C@H]2C[C@H](O[Si](c3ccccc3)(c3ccccc3)C(C)(C)C)[C@@H](CCP(=O)([O-])Oc3ccccc3Cl)O2)c(=O)n1.CC[NH+](CC)CC. The molecule has 0 radical (unpaired) electrons. The highest BCUT2D eigenvalue weighted by Gasteiger charge is 2.54. The number of benzene rings is 3. The fraction of sp³-hybridized carbons (Fsp3) is 0.452. The minimum absolute atomic E-state index is 0.0370. The Morgan fingerprint density at radius 3 is 2.02 bits per heavy atom. The first-order valence-corrected chi connectivity index (χ1v) is 23.5. The Morgan fingerprint density at radius 1 is 0.982 bits per heavy atom. The minimum Gasteiger partial charge on any atom is -0.769 e. The molecule has 1 fully saturated rings. The van der Waals surface area contributed by atoms with Gasteiger partial charge in [-0.15, -0.1) is 0 Å². The van der Waals surface area contributed by atoms with E-state index in [2.05, 4.69) is 76.1 Å². The number of quaternary nitrogens is 1. The van der Waals surface area contributed by atoms with Gasteiger partial charge in [-0.1, -0.05) is 119 Å². The van der Waals surface area contributed by atoms with Crippen molar-refractivity contribution in [2.75, 3.05) is 31.1 Å². The highest BCUT2D eigenvalue weighted by molar-refractivity contribution is 7.51. The van der Waals surface area contributed by atoms with Gasteiger partial charge < -0.3 is 28.8 Å². The Bertz CT molecular complexity index is 1910. The molecule has 1 aliphatic rings. The van der Waals surface area contributed by atoms with Crippen molar-refractivity contribution in [2.24, 2.45) is 5.92 Å². The van der Waals surface area contributed by atoms with Crippen LogP contribution in [-0.2, 0) is 18.5 Å². The van der Waals surface area contributed by atoms with Crippen LogP contribution in [0, 0.1) is 5.92 Å². The number of anilines is 1. The Labute approximate surface area is 338 Å². The molecule has 1 amide bonds. The third-order valence-corrected chi connectivity index (χ3v) is 16.8. The van der Waals surface area contributed by atoms with Crippen LogP contribution >= 0.6 is 19.2 Å². The Balaban J connectivity index is 0.000000908. The number of hydrogen-bond acceptors (Lipinski definition) is 8. The summed E-state index contributed by atoms with van der Waals surface area (Å²) in [6.07, 6.45) is -0.683. The van der Waals surface area contributed by atoms with E-state index in [9.17, 15) is 19.0 Å². The number of rotatable bonds is 15. The van der Waals surface area contributed by atoms with Crippen molar-refractivity contribution in [1.29, 1.82) is 0 Å². The molecule has 2 N–H and O–H groups in total. The highest BCUT2D eigenvalue weighted by atomic mass is 35.5. The predicted molar refractivity (Wildman–Crippen MR) is 225 cm³/mol. The summed E-state index contributed by atoms with van der Waals surface area (Å²) in [5.74, 6) is -0.364. The monoisotopic (exact) mass is 824 g/mol. The summed E-state index contributed by atoms with van der Waals surface area (Å²) in [6, 6.07) is 28.1. The molecule has 0 aliphatic carbocycles. The van der Waals surface area contributed by atoms with Gasteiger partial charge in [0.05, 0.1) is 36.9 Å². The molecule has 0 saturated carbocycles. The lowest BCUT2D eigenvalue weighted by Crippen LogP contribution is -3.11. The first-order valence-electron chi connectivity index (χ1n) is 19.5. The average Bonchev–Trinajstić information content (AvgIpc) is 3.57. The van der Waals surface area contributed by atoms with E-state index in [0.29, 0.717) is 0 Å². The molecule has 56 heavy (non-hydrogen) atoms. The Kier molecular flexibility index (Phi) is 16.3. The van der Waals surface area contributed by atoms with Crippen LogP contribution in [0.15, 0.2) is 102 Å². The van der Waals surface area contributed by atoms with Crippen LogP contribution in [0.3, 0.4) is 0 Å². The quantitative estimate of drug-likeness (QED) is 0.116. The summed E-state index contributed by atoms with van der Waals surface area (Å²) < 4.78 is 33.9. The molecule has 1 aliphatic heterocycles. The zero-order valence-electron chi connectivity index (χ0n) is 33.9. The number of nitrogens with zero attached hydrogens (tertiary/aromatic N) is 2. The maximum Gasteiger partial charge on any atom is 0.351 e. The predicted octanol–water partition coefficient (Wildman–Crippen LogP) is 5.68. The van der Waals surface area contributed by atoms with E-state index in [4.69, 9.17) is 25.3 Å². The van der Waals surface area contributed by atoms with Gasteiger partial charge in [0.15, 0.2) is 7.60 Å². The van der Waals surface area contributed by atoms with Crippen LogP contribution in [-0.4, -0.2) is 61.8 Å². The lowest BCUT2D eigenvalue weighted by Gasteiger charge is -2.45. The van der Waals surface area contributed by atoms with Crippen molar-refractivity contribution in [3.8, 4) is 5.75 Å². The van der Waals surface area contributed by atoms with Crippen LogP contribution < -0.4 is 35.7 Å². The van der Waals surface area contributed by atoms with Gasteiger partial charge in [-0.25, -0.2) is 4.79 Å². The Hall–Kier alpha value is -3.61. The molecule has 304 valence electrons. The standard InChI is InChI=1S/C36H43ClN3O7PSi.C6H15N/c1-25(2)34(41)38-32-20-22-40(35(42)39-32)33-24-31(30(45-33)21-23-48(43,44)46-29-19-13-12-18-28(29)37)47-49(36(3,4)5,26-14-8-6-9-15-26)27-16-10-7-11-17-27;1-4-7(5-2)6-3/h6-20,22,25,30-31,33H,21,23-24H2,1-5H3,(H,43,44)(H,38,39,41,42);4-6H2,1-3H3/t30-,31+,33-;/m1./s1. The second-order valence-corrected chi connectivity index (χ2v) is 21.8.